The SMILES string of the molecule is COc1cc(F)c([N+](=O)[O-])cc1Nc1nccc(-c2cn(C)c3cc(C)ccc23)n1. The molecular formula is C21H18FN5O3. The molecule has 0 amide bonds. The molecule has 4 rings (SSSR count). The van der Waals surface area contributed by atoms with Crippen molar-refractivity contribution in [1.29, 1.82) is 0 Å². The number of nitro groups is 1. The molecule has 0 unspecified atom stereocenters. The van der Waals surface area contributed by atoms with Gasteiger partial charge in [-0.05, 0) is 24.6 Å². The van der Waals surface area contributed by atoms with Crippen molar-refractivity contribution < 1.29 is 14.1 Å². The van der Waals surface area contributed by atoms with Crippen LogP contribution < -0.4 is 10.1 Å². The van der Waals surface area contributed by atoms with Gasteiger partial charge in [-0.2, -0.15) is 4.39 Å². The number of aromatic nitrogens is 3. The first-order valence-electron chi connectivity index (χ1n) is 9.05. The van der Waals surface area contributed by atoms with Crippen LogP contribution in [0.4, 0.5) is 21.7 Å². The number of ether oxygens (including phenoxy) is 1. The maximum atomic E-state index is 13.9. The van der Waals surface area contributed by atoms with E-state index in [0.29, 0.717) is 5.69 Å². The molecule has 0 spiro atoms. The minimum absolute atomic E-state index is 0.104. The number of methoxy groups -OCH3 is 1. The van der Waals surface area contributed by atoms with Crippen LogP contribution in [0.3, 0.4) is 0 Å². The molecule has 0 bridgehead atoms. The normalized spacial score (nSPS) is 10.9. The Bertz CT molecular complexity index is 1290. The quantitative estimate of drug-likeness (QED) is 0.379. The van der Waals surface area contributed by atoms with Crippen molar-refractivity contribution in [3.8, 4) is 17.0 Å². The Morgan fingerprint density at radius 2 is 2.03 bits per heavy atom. The lowest BCUT2D eigenvalue weighted by atomic mass is 10.1. The lowest BCUT2D eigenvalue weighted by Gasteiger charge is -2.11. The number of anilines is 2. The van der Waals surface area contributed by atoms with Gasteiger partial charge in [-0.1, -0.05) is 12.1 Å². The molecule has 0 saturated carbocycles. The van der Waals surface area contributed by atoms with Gasteiger partial charge in [0.25, 0.3) is 0 Å². The molecule has 0 atom stereocenters. The smallest absolute Gasteiger partial charge is 0.307 e. The van der Waals surface area contributed by atoms with E-state index in [0.717, 1.165) is 34.2 Å². The zero-order valence-electron chi connectivity index (χ0n) is 16.5. The van der Waals surface area contributed by atoms with Gasteiger partial charge in [0.15, 0.2) is 0 Å². The van der Waals surface area contributed by atoms with Crippen LogP contribution in [-0.4, -0.2) is 26.6 Å². The van der Waals surface area contributed by atoms with Crippen LogP contribution in [0.1, 0.15) is 5.56 Å². The van der Waals surface area contributed by atoms with Crippen molar-refractivity contribution in [3.05, 3.63) is 70.3 Å². The van der Waals surface area contributed by atoms with Gasteiger partial charge in [-0.25, -0.2) is 9.97 Å². The molecule has 9 heteroatoms. The highest BCUT2D eigenvalue weighted by Gasteiger charge is 2.20. The molecule has 2 heterocycles. The first-order chi connectivity index (χ1) is 14.4. The number of nitrogens with one attached hydrogen (secondary N) is 1. The van der Waals surface area contributed by atoms with E-state index in [1.165, 1.54) is 7.11 Å². The molecule has 0 fully saturated rings. The highest BCUT2D eigenvalue weighted by molar-refractivity contribution is 5.95. The van der Waals surface area contributed by atoms with Gasteiger partial charge < -0.3 is 14.6 Å². The van der Waals surface area contributed by atoms with Crippen molar-refractivity contribution in [3.63, 3.8) is 0 Å². The van der Waals surface area contributed by atoms with E-state index in [2.05, 4.69) is 21.4 Å². The van der Waals surface area contributed by atoms with Crippen LogP contribution in [0, 0.1) is 22.9 Å². The number of halogens is 1. The topological polar surface area (TPSA) is 95.1 Å². The van der Waals surface area contributed by atoms with Crippen molar-refractivity contribution in [2.45, 2.75) is 6.92 Å². The number of hydrogen-bond donors (Lipinski definition) is 1. The Kier molecular flexibility index (Phi) is 4.78. The molecule has 4 aromatic rings. The Hall–Kier alpha value is -4.01. The summed E-state index contributed by atoms with van der Waals surface area (Å²) in [5.41, 5.74) is 3.36. The van der Waals surface area contributed by atoms with Crippen LogP contribution in [0.2, 0.25) is 0 Å². The van der Waals surface area contributed by atoms with Gasteiger partial charge in [0, 0.05) is 48.0 Å². The summed E-state index contributed by atoms with van der Waals surface area (Å²) in [6.45, 7) is 2.04. The van der Waals surface area contributed by atoms with E-state index in [1.54, 1.807) is 12.3 Å². The zero-order chi connectivity index (χ0) is 21.4. The summed E-state index contributed by atoms with van der Waals surface area (Å²) < 4.78 is 21.1. The molecule has 0 radical (unpaired) electrons. The molecular weight excluding hydrogens is 389 g/mol. The van der Waals surface area contributed by atoms with Crippen molar-refractivity contribution in [2.75, 3.05) is 12.4 Å². The Morgan fingerprint density at radius 1 is 1.23 bits per heavy atom. The summed E-state index contributed by atoms with van der Waals surface area (Å²) in [7, 11) is 3.31. The van der Waals surface area contributed by atoms with E-state index in [9.17, 15) is 14.5 Å². The monoisotopic (exact) mass is 407 g/mol. The maximum absolute atomic E-state index is 13.9. The molecule has 0 aliphatic rings. The van der Waals surface area contributed by atoms with Crippen LogP contribution >= 0.6 is 0 Å². The number of nitro benzene ring substituents is 1. The molecule has 30 heavy (non-hydrogen) atoms. The van der Waals surface area contributed by atoms with E-state index in [-0.39, 0.29) is 17.4 Å². The van der Waals surface area contributed by atoms with E-state index in [1.807, 2.05) is 36.9 Å². The zero-order valence-corrected chi connectivity index (χ0v) is 16.5. The predicted octanol–water partition coefficient (Wildman–Crippen LogP) is 4.74. The summed E-state index contributed by atoms with van der Waals surface area (Å²) in [5.74, 6) is -0.674. The fourth-order valence-corrected chi connectivity index (χ4v) is 3.34. The van der Waals surface area contributed by atoms with Crippen LogP contribution in [-0.2, 0) is 7.05 Å². The largest absolute Gasteiger partial charge is 0.494 e. The van der Waals surface area contributed by atoms with Crippen molar-refractivity contribution >= 4 is 28.2 Å². The van der Waals surface area contributed by atoms with Gasteiger partial charge in [-0.3, -0.25) is 10.1 Å². The molecule has 0 saturated heterocycles. The van der Waals surface area contributed by atoms with Gasteiger partial charge in [0.1, 0.15) is 5.75 Å². The number of benzene rings is 2. The van der Waals surface area contributed by atoms with Gasteiger partial charge in [0.05, 0.1) is 23.4 Å². The molecule has 2 aromatic heterocycles. The van der Waals surface area contributed by atoms with E-state index < -0.39 is 16.4 Å². The third-order valence-electron chi connectivity index (χ3n) is 4.79. The third-order valence-corrected chi connectivity index (χ3v) is 4.79. The fraction of sp³-hybridized carbons (Fsp3) is 0.143. The van der Waals surface area contributed by atoms with Gasteiger partial charge in [-0.15, -0.1) is 0 Å². The standard InChI is InChI=1S/C21H18FN5O3/c1-12-4-5-13-14(11-26(2)18(13)8-12)16-6-7-23-21(24-16)25-17-10-19(27(28)29)15(22)9-20(17)30-3/h4-11H,1-3H3,(H,23,24,25). The maximum Gasteiger partial charge on any atom is 0.307 e. The summed E-state index contributed by atoms with van der Waals surface area (Å²) in [5, 5.41) is 15.0. The second kappa shape index (κ2) is 7.43. The van der Waals surface area contributed by atoms with Gasteiger partial charge in [0.2, 0.25) is 11.8 Å². The number of rotatable bonds is 5. The number of fused-ring (bicyclic) bond motifs is 1. The molecule has 2 aromatic carbocycles. The Balaban J connectivity index is 1.76. The minimum Gasteiger partial charge on any atom is -0.494 e. The molecule has 0 aliphatic carbocycles. The number of hydrogen-bond acceptors (Lipinski definition) is 6. The molecule has 0 aliphatic heterocycles. The van der Waals surface area contributed by atoms with Crippen molar-refractivity contribution in [1.82, 2.24) is 14.5 Å². The first-order valence-corrected chi connectivity index (χ1v) is 9.05. The second-order valence-electron chi connectivity index (χ2n) is 6.83. The summed E-state index contributed by atoms with van der Waals surface area (Å²) >= 11 is 0. The Morgan fingerprint density at radius 3 is 2.77 bits per heavy atom. The highest BCUT2D eigenvalue weighted by atomic mass is 19.1. The minimum atomic E-state index is -0.983. The molecule has 1 N–H and O–H groups in total. The fourth-order valence-electron chi connectivity index (χ4n) is 3.34. The predicted molar refractivity (Wildman–Crippen MR) is 112 cm³/mol. The first kappa shape index (κ1) is 19.3. The average molecular weight is 407 g/mol. The lowest BCUT2D eigenvalue weighted by Crippen LogP contribution is -2.02. The van der Waals surface area contributed by atoms with Gasteiger partial charge >= 0.3 is 5.69 Å². The number of aryl methyl sites for hydroxylation is 2. The highest BCUT2D eigenvalue weighted by Crippen LogP contribution is 2.34. The van der Waals surface area contributed by atoms with Crippen LogP contribution in [0.25, 0.3) is 22.2 Å². The van der Waals surface area contributed by atoms with Crippen LogP contribution in [0.15, 0.2) is 48.8 Å². The summed E-state index contributed by atoms with van der Waals surface area (Å²) in [4.78, 5) is 19.0. The average Bonchev–Trinajstić information content (AvgIpc) is 3.05. The third kappa shape index (κ3) is 3.41. The second-order valence-corrected chi connectivity index (χ2v) is 6.83. The van der Waals surface area contributed by atoms with Crippen molar-refractivity contribution in [2.24, 2.45) is 7.05 Å². The molecule has 8 nitrogen and oxygen atoms in total. The van der Waals surface area contributed by atoms with E-state index >= 15 is 0 Å². The van der Waals surface area contributed by atoms with E-state index in [4.69, 9.17) is 4.74 Å². The number of nitrogens with zero attached hydrogens (tertiary/aromatic N) is 4. The van der Waals surface area contributed by atoms with Crippen LogP contribution in [0.5, 0.6) is 5.75 Å². The summed E-state index contributed by atoms with van der Waals surface area (Å²) in [6.07, 6.45) is 3.57. The molecule has 152 valence electrons. The lowest BCUT2D eigenvalue weighted by molar-refractivity contribution is -0.387. The Labute approximate surface area is 171 Å². The summed E-state index contributed by atoms with van der Waals surface area (Å²) in [6, 6.07) is 9.98.